The first-order valence-corrected chi connectivity index (χ1v) is 6.90. The van der Waals surface area contributed by atoms with E-state index in [1.165, 1.54) is 0 Å². The predicted octanol–water partition coefficient (Wildman–Crippen LogP) is 2.29. The van der Waals surface area contributed by atoms with E-state index in [-0.39, 0.29) is 18.6 Å². The average Bonchev–Trinajstić information content (AvgIpc) is 2.87. The molecule has 4 nitrogen and oxygen atoms in total. The molecule has 1 N–H and O–H groups in total. The molecule has 2 unspecified atom stereocenters. The molecular weight excluding hydrogens is 300 g/mol. The van der Waals surface area contributed by atoms with Crippen LogP contribution in [0.2, 0.25) is 0 Å². The highest BCUT2D eigenvalue weighted by atomic mass is 79.9. The molecule has 2 atom stereocenters. The summed E-state index contributed by atoms with van der Waals surface area (Å²) in [5, 5.41) is 9.36. The molecule has 0 aliphatic carbocycles. The van der Waals surface area contributed by atoms with Gasteiger partial charge in [-0.2, -0.15) is 0 Å². The Hall–Kier alpha value is -0.780. The molecule has 3 rings (SSSR count). The maximum Gasteiger partial charge on any atom is 0.175 e. The summed E-state index contributed by atoms with van der Waals surface area (Å²) < 4.78 is 17.8. The SMILES string of the molecule is OCC1CCOC1c1cc(Br)c2c(c1)OCCO2. The second-order valence-corrected chi connectivity index (χ2v) is 5.40. The molecule has 0 saturated carbocycles. The molecule has 0 bridgehead atoms. The molecule has 2 heterocycles. The minimum atomic E-state index is -0.0536. The van der Waals surface area contributed by atoms with Crippen molar-refractivity contribution in [1.29, 1.82) is 0 Å². The summed E-state index contributed by atoms with van der Waals surface area (Å²) in [7, 11) is 0. The summed E-state index contributed by atoms with van der Waals surface area (Å²) in [6, 6.07) is 3.95. The van der Waals surface area contributed by atoms with E-state index in [1.807, 2.05) is 12.1 Å². The number of halogens is 1. The lowest BCUT2D eigenvalue weighted by atomic mass is 9.96. The van der Waals surface area contributed by atoms with Crippen LogP contribution in [0.15, 0.2) is 16.6 Å². The van der Waals surface area contributed by atoms with Crippen molar-refractivity contribution < 1.29 is 19.3 Å². The smallest absolute Gasteiger partial charge is 0.175 e. The van der Waals surface area contributed by atoms with Gasteiger partial charge in [-0.05, 0) is 40.0 Å². The van der Waals surface area contributed by atoms with Gasteiger partial charge in [0.15, 0.2) is 11.5 Å². The van der Waals surface area contributed by atoms with Gasteiger partial charge in [-0.25, -0.2) is 0 Å². The van der Waals surface area contributed by atoms with Gasteiger partial charge in [0.05, 0.1) is 10.6 Å². The highest BCUT2D eigenvalue weighted by Crippen LogP contribution is 2.43. The second kappa shape index (κ2) is 5.07. The first kappa shape index (κ1) is 12.3. The zero-order valence-electron chi connectivity index (χ0n) is 9.89. The Morgan fingerprint density at radius 3 is 2.89 bits per heavy atom. The summed E-state index contributed by atoms with van der Waals surface area (Å²) in [4.78, 5) is 0. The van der Waals surface area contributed by atoms with Crippen LogP contribution in [0.25, 0.3) is 0 Å². The van der Waals surface area contributed by atoms with Gasteiger partial charge in [0.2, 0.25) is 0 Å². The maximum atomic E-state index is 9.36. The zero-order chi connectivity index (χ0) is 12.5. The molecule has 1 aromatic rings. The lowest BCUT2D eigenvalue weighted by molar-refractivity contribution is 0.0714. The molecule has 0 radical (unpaired) electrons. The van der Waals surface area contributed by atoms with E-state index < -0.39 is 0 Å². The summed E-state index contributed by atoms with van der Waals surface area (Å²) in [5.74, 6) is 1.67. The quantitative estimate of drug-likeness (QED) is 0.910. The normalized spacial score (nSPS) is 26.3. The van der Waals surface area contributed by atoms with Crippen LogP contribution in [0.5, 0.6) is 11.5 Å². The molecular formula is C13H15BrO4. The fourth-order valence-electron chi connectivity index (χ4n) is 2.48. The Labute approximate surface area is 114 Å². The molecule has 2 aliphatic heterocycles. The third-order valence-electron chi connectivity index (χ3n) is 3.40. The summed E-state index contributed by atoms with van der Waals surface area (Å²) in [6.07, 6.45) is 0.842. The van der Waals surface area contributed by atoms with Gasteiger partial charge in [-0.15, -0.1) is 0 Å². The Morgan fingerprint density at radius 1 is 1.22 bits per heavy atom. The van der Waals surface area contributed by atoms with E-state index in [1.54, 1.807) is 0 Å². The number of ether oxygens (including phenoxy) is 3. The Bertz CT molecular complexity index is 449. The maximum absolute atomic E-state index is 9.36. The molecule has 0 amide bonds. The van der Waals surface area contributed by atoms with Crippen LogP contribution in [-0.4, -0.2) is 31.5 Å². The highest BCUT2D eigenvalue weighted by Gasteiger charge is 2.30. The monoisotopic (exact) mass is 314 g/mol. The van der Waals surface area contributed by atoms with Gasteiger partial charge in [0, 0.05) is 19.1 Å². The van der Waals surface area contributed by atoms with E-state index in [0.717, 1.165) is 28.0 Å². The molecule has 2 aliphatic rings. The minimum Gasteiger partial charge on any atom is -0.486 e. The van der Waals surface area contributed by atoms with Crippen LogP contribution in [0.3, 0.4) is 0 Å². The van der Waals surface area contributed by atoms with Crippen molar-refractivity contribution in [3.8, 4) is 11.5 Å². The Balaban J connectivity index is 1.95. The Kier molecular flexibility index (Phi) is 3.46. The topological polar surface area (TPSA) is 47.9 Å². The minimum absolute atomic E-state index is 0.0536. The third-order valence-corrected chi connectivity index (χ3v) is 3.99. The number of hydrogen-bond acceptors (Lipinski definition) is 4. The van der Waals surface area contributed by atoms with Crippen LogP contribution in [0.4, 0.5) is 0 Å². The van der Waals surface area contributed by atoms with E-state index in [0.29, 0.717) is 19.8 Å². The van der Waals surface area contributed by atoms with Crippen molar-refractivity contribution in [3.05, 3.63) is 22.2 Å². The first-order chi connectivity index (χ1) is 8.79. The van der Waals surface area contributed by atoms with Crippen LogP contribution >= 0.6 is 15.9 Å². The van der Waals surface area contributed by atoms with Gasteiger partial charge in [-0.1, -0.05) is 0 Å². The van der Waals surface area contributed by atoms with Crippen LogP contribution < -0.4 is 9.47 Å². The lowest BCUT2D eigenvalue weighted by Gasteiger charge is -2.23. The zero-order valence-corrected chi connectivity index (χ0v) is 11.5. The molecule has 18 heavy (non-hydrogen) atoms. The van der Waals surface area contributed by atoms with Crippen molar-refractivity contribution in [2.24, 2.45) is 5.92 Å². The fraction of sp³-hybridized carbons (Fsp3) is 0.538. The van der Waals surface area contributed by atoms with Gasteiger partial charge in [-0.3, -0.25) is 0 Å². The molecule has 1 saturated heterocycles. The van der Waals surface area contributed by atoms with Crippen molar-refractivity contribution in [2.45, 2.75) is 12.5 Å². The number of benzene rings is 1. The van der Waals surface area contributed by atoms with Gasteiger partial charge < -0.3 is 19.3 Å². The molecule has 0 spiro atoms. The number of aliphatic hydroxyl groups excluding tert-OH is 1. The average molecular weight is 315 g/mol. The van der Waals surface area contributed by atoms with Gasteiger partial charge >= 0.3 is 0 Å². The van der Waals surface area contributed by atoms with Crippen LogP contribution in [-0.2, 0) is 4.74 Å². The summed E-state index contributed by atoms with van der Waals surface area (Å²) in [5.41, 5.74) is 1.03. The summed E-state index contributed by atoms with van der Waals surface area (Å²) in [6.45, 7) is 1.99. The lowest BCUT2D eigenvalue weighted by Crippen LogP contribution is -2.17. The second-order valence-electron chi connectivity index (χ2n) is 4.55. The number of hydrogen-bond donors (Lipinski definition) is 1. The standard InChI is InChI=1S/C13H15BrO4/c14-10-5-9(12-8(7-15)1-2-17-12)6-11-13(10)18-4-3-16-11/h5-6,8,12,15H,1-4,7H2. The van der Waals surface area contributed by atoms with Gasteiger partial charge in [0.25, 0.3) is 0 Å². The number of fused-ring (bicyclic) bond motifs is 1. The number of rotatable bonds is 2. The predicted molar refractivity (Wildman–Crippen MR) is 69.0 cm³/mol. The fourth-order valence-corrected chi connectivity index (χ4v) is 3.06. The van der Waals surface area contributed by atoms with E-state index in [4.69, 9.17) is 14.2 Å². The van der Waals surface area contributed by atoms with E-state index in [9.17, 15) is 5.11 Å². The molecule has 5 heteroatoms. The van der Waals surface area contributed by atoms with Crippen LogP contribution in [0, 0.1) is 5.92 Å². The van der Waals surface area contributed by atoms with Gasteiger partial charge in [0.1, 0.15) is 13.2 Å². The number of aliphatic hydroxyl groups is 1. The Morgan fingerprint density at radius 2 is 2.06 bits per heavy atom. The first-order valence-electron chi connectivity index (χ1n) is 6.11. The van der Waals surface area contributed by atoms with Crippen LogP contribution in [0.1, 0.15) is 18.1 Å². The molecule has 1 fully saturated rings. The highest BCUT2D eigenvalue weighted by molar-refractivity contribution is 9.10. The van der Waals surface area contributed by atoms with Crippen molar-refractivity contribution in [2.75, 3.05) is 26.4 Å². The molecule has 98 valence electrons. The van der Waals surface area contributed by atoms with Crippen molar-refractivity contribution in [1.82, 2.24) is 0 Å². The van der Waals surface area contributed by atoms with Crippen molar-refractivity contribution >= 4 is 15.9 Å². The van der Waals surface area contributed by atoms with Crippen molar-refractivity contribution in [3.63, 3.8) is 0 Å². The molecule has 0 aromatic heterocycles. The molecule has 1 aromatic carbocycles. The largest absolute Gasteiger partial charge is 0.486 e. The van der Waals surface area contributed by atoms with E-state index in [2.05, 4.69) is 15.9 Å². The summed E-state index contributed by atoms with van der Waals surface area (Å²) >= 11 is 3.50. The third kappa shape index (κ3) is 2.11. The van der Waals surface area contributed by atoms with E-state index >= 15 is 0 Å².